The zero-order valence-electron chi connectivity index (χ0n) is 9.75. The van der Waals surface area contributed by atoms with Crippen LogP contribution in [0.4, 0.5) is 5.69 Å². The molecule has 1 aromatic rings. The maximum absolute atomic E-state index is 11.3. The number of nitrogens with zero attached hydrogens (tertiary/aromatic N) is 1. The molecule has 0 amide bonds. The molecule has 1 aromatic carbocycles. The average Bonchev–Trinajstić information content (AvgIpc) is 2.68. The summed E-state index contributed by atoms with van der Waals surface area (Å²) in [5.74, 6) is 0.0430. The van der Waals surface area contributed by atoms with Gasteiger partial charge in [0, 0.05) is 10.3 Å². The number of rotatable bonds is 3. The normalized spacial score (nSPS) is 20.6. The van der Waals surface area contributed by atoms with E-state index in [2.05, 4.69) is 11.4 Å². The zero-order chi connectivity index (χ0) is 13.2. The van der Waals surface area contributed by atoms with Gasteiger partial charge < -0.3 is 5.32 Å². The smallest absolute Gasteiger partial charge is 0.173 e. The molecule has 0 aromatic heterocycles. The van der Waals surface area contributed by atoms with Crippen molar-refractivity contribution in [3.63, 3.8) is 0 Å². The standard InChI is InChI=1S/C12H12N2O2S2/c1-17-12-4-2-3-11(10(12)7-13)14-9-5-6-18(15,16)8-9/h2-6,9,14H,8H2,1H3. The van der Waals surface area contributed by atoms with Gasteiger partial charge in [-0.25, -0.2) is 8.42 Å². The lowest BCUT2D eigenvalue weighted by atomic mass is 10.1. The number of hydrogen-bond acceptors (Lipinski definition) is 5. The molecule has 94 valence electrons. The summed E-state index contributed by atoms with van der Waals surface area (Å²) in [7, 11) is -3.08. The Morgan fingerprint density at radius 1 is 1.50 bits per heavy atom. The molecular weight excluding hydrogens is 268 g/mol. The molecule has 0 radical (unpaired) electrons. The third-order valence-corrected chi connectivity index (χ3v) is 4.80. The lowest BCUT2D eigenvalue weighted by molar-refractivity contribution is 0.605. The molecule has 18 heavy (non-hydrogen) atoms. The van der Waals surface area contributed by atoms with Gasteiger partial charge >= 0.3 is 0 Å². The third kappa shape index (κ3) is 2.68. The molecule has 0 saturated heterocycles. The Bertz CT molecular complexity index is 630. The maximum atomic E-state index is 11.3. The van der Waals surface area contributed by atoms with Crippen LogP contribution in [0.2, 0.25) is 0 Å². The van der Waals surface area contributed by atoms with Crippen LogP contribution in [0.25, 0.3) is 0 Å². The highest BCUT2D eigenvalue weighted by Gasteiger charge is 2.22. The quantitative estimate of drug-likeness (QED) is 0.858. The van der Waals surface area contributed by atoms with Gasteiger partial charge in [-0.1, -0.05) is 12.1 Å². The summed E-state index contributed by atoms with van der Waals surface area (Å²) in [5, 5.41) is 13.5. The van der Waals surface area contributed by atoms with Gasteiger partial charge in [0.25, 0.3) is 0 Å². The Morgan fingerprint density at radius 3 is 2.83 bits per heavy atom. The Balaban J connectivity index is 2.26. The summed E-state index contributed by atoms with van der Waals surface area (Å²) in [6.07, 6.45) is 3.52. The third-order valence-electron chi connectivity index (χ3n) is 2.63. The van der Waals surface area contributed by atoms with Gasteiger partial charge in [0.05, 0.1) is 23.0 Å². The van der Waals surface area contributed by atoms with E-state index in [4.69, 9.17) is 5.26 Å². The van der Waals surface area contributed by atoms with Gasteiger partial charge in [0.15, 0.2) is 9.84 Å². The summed E-state index contributed by atoms with van der Waals surface area (Å²) < 4.78 is 22.6. The van der Waals surface area contributed by atoms with E-state index in [0.717, 1.165) is 4.90 Å². The first-order valence-electron chi connectivity index (χ1n) is 5.30. The zero-order valence-corrected chi connectivity index (χ0v) is 11.4. The second kappa shape index (κ2) is 5.04. The highest BCUT2D eigenvalue weighted by Crippen LogP contribution is 2.27. The molecule has 1 aliphatic heterocycles. The van der Waals surface area contributed by atoms with Crippen LogP contribution in [0.1, 0.15) is 5.56 Å². The van der Waals surface area contributed by atoms with Crippen LogP contribution >= 0.6 is 11.8 Å². The van der Waals surface area contributed by atoms with Gasteiger partial charge in [0.1, 0.15) is 6.07 Å². The molecular formula is C12H12N2O2S2. The monoisotopic (exact) mass is 280 g/mol. The molecule has 1 aliphatic rings. The number of anilines is 1. The van der Waals surface area contributed by atoms with E-state index < -0.39 is 9.84 Å². The highest BCUT2D eigenvalue weighted by atomic mass is 32.2. The topological polar surface area (TPSA) is 70.0 Å². The average molecular weight is 280 g/mol. The SMILES string of the molecule is CSc1cccc(NC2C=CS(=O)(=O)C2)c1C#N. The van der Waals surface area contributed by atoms with Crippen LogP contribution in [-0.2, 0) is 9.84 Å². The van der Waals surface area contributed by atoms with Crippen LogP contribution in [-0.4, -0.2) is 26.5 Å². The first kappa shape index (κ1) is 13.0. The second-order valence-corrected chi connectivity index (χ2v) is 6.68. The van der Waals surface area contributed by atoms with Crippen molar-refractivity contribution in [2.75, 3.05) is 17.3 Å². The molecule has 2 rings (SSSR count). The molecule has 6 heteroatoms. The van der Waals surface area contributed by atoms with Gasteiger partial charge in [-0.05, 0) is 18.4 Å². The van der Waals surface area contributed by atoms with E-state index in [1.807, 2.05) is 18.4 Å². The van der Waals surface area contributed by atoms with Crippen LogP contribution in [0, 0.1) is 11.3 Å². The van der Waals surface area contributed by atoms with Gasteiger partial charge in [-0.3, -0.25) is 0 Å². The minimum absolute atomic E-state index is 0.0430. The van der Waals surface area contributed by atoms with Crippen molar-refractivity contribution in [1.29, 1.82) is 5.26 Å². The molecule has 1 unspecified atom stereocenters. The van der Waals surface area contributed by atoms with E-state index >= 15 is 0 Å². The summed E-state index contributed by atoms with van der Waals surface area (Å²) in [6, 6.07) is 7.40. The number of hydrogen-bond donors (Lipinski definition) is 1. The number of thioether (sulfide) groups is 1. The highest BCUT2D eigenvalue weighted by molar-refractivity contribution is 7.98. The fourth-order valence-corrected chi connectivity index (χ4v) is 3.61. The van der Waals surface area contributed by atoms with Crippen LogP contribution in [0.5, 0.6) is 0 Å². The van der Waals surface area contributed by atoms with Crippen LogP contribution in [0.15, 0.2) is 34.6 Å². The minimum atomic E-state index is -3.08. The Kier molecular flexibility index (Phi) is 3.64. The number of nitriles is 1. The van der Waals surface area contributed by atoms with Crippen molar-refractivity contribution in [2.24, 2.45) is 0 Å². The first-order chi connectivity index (χ1) is 8.55. The minimum Gasteiger partial charge on any atom is -0.377 e. The number of sulfone groups is 1. The fourth-order valence-electron chi connectivity index (χ4n) is 1.80. The number of nitrogens with one attached hydrogen (secondary N) is 1. The van der Waals surface area contributed by atoms with Crippen molar-refractivity contribution in [3.05, 3.63) is 35.2 Å². The van der Waals surface area contributed by atoms with Crippen molar-refractivity contribution in [2.45, 2.75) is 10.9 Å². The summed E-state index contributed by atoms with van der Waals surface area (Å²) >= 11 is 1.49. The molecule has 0 fully saturated rings. The maximum Gasteiger partial charge on any atom is 0.173 e. The predicted molar refractivity (Wildman–Crippen MR) is 73.3 cm³/mol. The summed E-state index contributed by atoms with van der Waals surface area (Å²) in [4.78, 5) is 0.882. The summed E-state index contributed by atoms with van der Waals surface area (Å²) in [6.45, 7) is 0. The first-order valence-corrected chi connectivity index (χ1v) is 8.24. The van der Waals surface area contributed by atoms with E-state index in [9.17, 15) is 8.42 Å². The number of benzene rings is 1. The second-order valence-electron chi connectivity index (χ2n) is 3.90. The van der Waals surface area contributed by atoms with Crippen molar-refractivity contribution in [3.8, 4) is 6.07 Å². The molecule has 0 bridgehead atoms. The fraction of sp³-hybridized carbons (Fsp3) is 0.250. The summed E-state index contributed by atoms with van der Waals surface area (Å²) in [5.41, 5.74) is 1.23. The van der Waals surface area contributed by atoms with Crippen molar-refractivity contribution >= 4 is 27.3 Å². The van der Waals surface area contributed by atoms with E-state index in [1.165, 1.54) is 17.2 Å². The molecule has 0 spiro atoms. The molecule has 1 N–H and O–H groups in total. The van der Waals surface area contributed by atoms with Crippen LogP contribution in [0.3, 0.4) is 0 Å². The molecule has 0 saturated carbocycles. The van der Waals surface area contributed by atoms with Gasteiger partial charge in [-0.15, -0.1) is 11.8 Å². The Labute approximate surface area is 111 Å². The lowest BCUT2D eigenvalue weighted by Gasteiger charge is -2.14. The Hall–Kier alpha value is -1.45. The molecule has 1 heterocycles. The lowest BCUT2D eigenvalue weighted by Crippen LogP contribution is -2.21. The Morgan fingerprint density at radius 2 is 2.28 bits per heavy atom. The van der Waals surface area contributed by atoms with Gasteiger partial charge in [0.2, 0.25) is 0 Å². The molecule has 1 atom stereocenters. The van der Waals surface area contributed by atoms with E-state index in [-0.39, 0.29) is 11.8 Å². The van der Waals surface area contributed by atoms with Crippen molar-refractivity contribution in [1.82, 2.24) is 0 Å². The van der Waals surface area contributed by atoms with Crippen molar-refractivity contribution < 1.29 is 8.42 Å². The molecule has 0 aliphatic carbocycles. The predicted octanol–water partition coefficient (Wildman–Crippen LogP) is 2.00. The largest absolute Gasteiger partial charge is 0.377 e. The van der Waals surface area contributed by atoms with Crippen LogP contribution < -0.4 is 5.32 Å². The van der Waals surface area contributed by atoms with Gasteiger partial charge in [-0.2, -0.15) is 5.26 Å². The molecule has 4 nitrogen and oxygen atoms in total. The van der Waals surface area contributed by atoms with E-state index in [1.54, 1.807) is 12.1 Å². The van der Waals surface area contributed by atoms with E-state index in [0.29, 0.717) is 11.3 Å².